The van der Waals surface area contributed by atoms with Crippen molar-refractivity contribution in [1.29, 1.82) is 0 Å². The van der Waals surface area contributed by atoms with E-state index in [1.54, 1.807) is 0 Å². The summed E-state index contributed by atoms with van der Waals surface area (Å²) in [4.78, 5) is 14.0. The molecule has 84 valence electrons. The number of hydrogen-bond donors (Lipinski definition) is 1. The predicted octanol–water partition coefficient (Wildman–Crippen LogP) is 3.77. The first-order valence-electron chi connectivity index (χ1n) is 4.30. The van der Waals surface area contributed by atoms with Crippen molar-refractivity contribution in [1.82, 2.24) is 4.98 Å². The molecule has 2 nitrogen and oxygen atoms in total. The highest BCUT2D eigenvalue weighted by molar-refractivity contribution is 6.39. The molecule has 2 aromatic rings. The van der Waals surface area contributed by atoms with Gasteiger partial charge >= 0.3 is 0 Å². The fourth-order valence-electron chi connectivity index (χ4n) is 1.43. The molecule has 1 aromatic carbocycles. The van der Waals surface area contributed by atoms with Gasteiger partial charge in [0.05, 0.1) is 26.6 Å². The third-order valence-corrected chi connectivity index (χ3v) is 2.77. The monoisotopic (exact) mass is 263 g/mol. The molecule has 0 unspecified atom stereocenters. The maximum absolute atomic E-state index is 12.5. The SMILES string of the molecule is O=c1cc(C(F)F)[nH]c2c(Cl)ccc(Cl)c12. The van der Waals surface area contributed by atoms with Gasteiger partial charge < -0.3 is 4.98 Å². The highest BCUT2D eigenvalue weighted by atomic mass is 35.5. The molecule has 0 aliphatic heterocycles. The molecule has 6 heteroatoms. The topological polar surface area (TPSA) is 32.9 Å². The summed E-state index contributed by atoms with van der Waals surface area (Å²) in [6.45, 7) is 0. The van der Waals surface area contributed by atoms with Crippen LogP contribution in [-0.4, -0.2) is 4.98 Å². The Morgan fingerprint density at radius 2 is 1.81 bits per heavy atom. The molecule has 0 spiro atoms. The van der Waals surface area contributed by atoms with Crippen molar-refractivity contribution in [3.05, 3.63) is 44.2 Å². The molecule has 0 aliphatic rings. The molecule has 0 saturated heterocycles. The average molecular weight is 264 g/mol. The predicted molar refractivity (Wildman–Crippen MR) is 59.5 cm³/mol. The third kappa shape index (κ3) is 1.79. The van der Waals surface area contributed by atoms with Crippen LogP contribution in [0.2, 0.25) is 10.0 Å². The molecule has 16 heavy (non-hydrogen) atoms. The van der Waals surface area contributed by atoms with Gasteiger partial charge in [-0.25, -0.2) is 8.78 Å². The zero-order chi connectivity index (χ0) is 11.9. The minimum absolute atomic E-state index is 0.124. The van der Waals surface area contributed by atoms with E-state index in [1.807, 2.05) is 0 Å². The van der Waals surface area contributed by atoms with E-state index in [9.17, 15) is 13.6 Å². The first kappa shape index (κ1) is 11.4. The normalized spacial score (nSPS) is 11.3. The van der Waals surface area contributed by atoms with Gasteiger partial charge in [0.15, 0.2) is 5.43 Å². The smallest absolute Gasteiger partial charge is 0.278 e. The fraction of sp³-hybridized carbons (Fsp3) is 0.100. The number of pyridine rings is 1. The molecule has 0 atom stereocenters. The second kappa shape index (κ2) is 4.03. The van der Waals surface area contributed by atoms with Crippen molar-refractivity contribution in [3.63, 3.8) is 0 Å². The van der Waals surface area contributed by atoms with Gasteiger partial charge in [-0.05, 0) is 12.1 Å². The lowest BCUT2D eigenvalue weighted by Crippen LogP contribution is -2.06. The number of aromatic amines is 1. The van der Waals surface area contributed by atoms with Crippen LogP contribution in [0.3, 0.4) is 0 Å². The van der Waals surface area contributed by atoms with Gasteiger partial charge in [-0.3, -0.25) is 4.79 Å². The number of fused-ring (bicyclic) bond motifs is 1. The maximum Gasteiger partial charge on any atom is 0.278 e. The summed E-state index contributed by atoms with van der Waals surface area (Å²) >= 11 is 11.6. The number of nitrogens with one attached hydrogen (secondary N) is 1. The quantitative estimate of drug-likeness (QED) is 0.835. The maximum atomic E-state index is 12.5. The fourth-order valence-corrected chi connectivity index (χ4v) is 1.88. The Morgan fingerprint density at radius 3 is 2.44 bits per heavy atom. The Labute approximate surface area is 98.8 Å². The second-order valence-electron chi connectivity index (χ2n) is 3.17. The summed E-state index contributed by atoms with van der Waals surface area (Å²) in [7, 11) is 0. The summed E-state index contributed by atoms with van der Waals surface area (Å²) in [5.74, 6) is 0. The van der Waals surface area contributed by atoms with Crippen LogP contribution in [-0.2, 0) is 0 Å². The van der Waals surface area contributed by atoms with Gasteiger partial charge in [0, 0.05) is 6.07 Å². The van der Waals surface area contributed by atoms with Crippen LogP contribution in [0.25, 0.3) is 10.9 Å². The molecular weight excluding hydrogens is 259 g/mol. The van der Waals surface area contributed by atoms with Gasteiger partial charge in [0.2, 0.25) is 0 Å². The van der Waals surface area contributed by atoms with Crippen molar-refractivity contribution < 1.29 is 8.78 Å². The van der Waals surface area contributed by atoms with E-state index < -0.39 is 17.5 Å². The lowest BCUT2D eigenvalue weighted by molar-refractivity contribution is 0.146. The second-order valence-corrected chi connectivity index (χ2v) is 3.98. The van der Waals surface area contributed by atoms with E-state index in [-0.39, 0.29) is 20.9 Å². The highest BCUT2D eigenvalue weighted by Gasteiger charge is 2.14. The molecule has 0 fully saturated rings. The van der Waals surface area contributed by atoms with Gasteiger partial charge in [-0.1, -0.05) is 23.2 Å². The van der Waals surface area contributed by atoms with Crippen molar-refractivity contribution in [2.24, 2.45) is 0 Å². The van der Waals surface area contributed by atoms with Crippen LogP contribution in [0.15, 0.2) is 23.0 Å². The van der Waals surface area contributed by atoms with E-state index in [0.717, 1.165) is 6.07 Å². The molecule has 0 saturated carbocycles. The van der Waals surface area contributed by atoms with Crippen LogP contribution in [0.1, 0.15) is 12.1 Å². The Morgan fingerprint density at radius 1 is 1.19 bits per heavy atom. The highest BCUT2D eigenvalue weighted by Crippen LogP contribution is 2.27. The van der Waals surface area contributed by atoms with E-state index in [4.69, 9.17) is 23.2 Å². The number of hydrogen-bond acceptors (Lipinski definition) is 1. The van der Waals surface area contributed by atoms with Gasteiger partial charge in [-0.2, -0.15) is 0 Å². The van der Waals surface area contributed by atoms with Crippen LogP contribution in [0.4, 0.5) is 8.78 Å². The lowest BCUT2D eigenvalue weighted by atomic mass is 10.2. The zero-order valence-corrected chi connectivity index (χ0v) is 9.24. The number of H-pyrrole nitrogens is 1. The van der Waals surface area contributed by atoms with E-state index in [2.05, 4.69) is 4.98 Å². The van der Waals surface area contributed by atoms with Crippen molar-refractivity contribution in [3.8, 4) is 0 Å². The molecule has 0 bridgehead atoms. The number of halogens is 4. The van der Waals surface area contributed by atoms with Crippen LogP contribution < -0.4 is 5.43 Å². The summed E-state index contributed by atoms with van der Waals surface area (Å²) in [5, 5.41) is 0.485. The van der Waals surface area contributed by atoms with Crippen molar-refractivity contribution in [2.75, 3.05) is 0 Å². The van der Waals surface area contributed by atoms with Gasteiger partial charge in [-0.15, -0.1) is 0 Å². The lowest BCUT2D eigenvalue weighted by Gasteiger charge is -2.05. The third-order valence-electron chi connectivity index (χ3n) is 2.14. The minimum atomic E-state index is -2.76. The number of benzene rings is 1. The summed E-state index contributed by atoms with van der Waals surface area (Å²) in [6, 6.07) is 3.72. The summed E-state index contributed by atoms with van der Waals surface area (Å²) < 4.78 is 24.9. The van der Waals surface area contributed by atoms with Crippen molar-refractivity contribution in [2.45, 2.75) is 6.43 Å². The van der Waals surface area contributed by atoms with E-state index in [1.165, 1.54) is 12.1 Å². The number of aromatic nitrogens is 1. The Bertz CT molecular complexity index is 610. The first-order valence-corrected chi connectivity index (χ1v) is 5.05. The van der Waals surface area contributed by atoms with E-state index >= 15 is 0 Å². The Kier molecular flexibility index (Phi) is 2.86. The summed E-state index contributed by atoms with van der Waals surface area (Å²) in [5.41, 5.74) is -0.907. The molecule has 1 N–H and O–H groups in total. The van der Waals surface area contributed by atoms with Crippen molar-refractivity contribution >= 4 is 34.1 Å². The molecule has 2 rings (SSSR count). The van der Waals surface area contributed by atoms with Gasteiger partial charge in [0.25, 0.3) is 6.43 Å². The van der Waals surface area contributed by atoms with Crippen LogP contribution in [0, 0.1) is 0 Å². The summed E-state index contributed by atoms with van der Waals surface area (Å²) in [6.07, 6.45) is -2.76. The number of rotatable bonds is 1. The molecule has 1 aromatic heterocycles. The average Bonchev–Trinajstić information content (AvgIpc) is 2.22. The van der Waals surface area contributed by atoms with Crippen LogP contribution >= 0.6 is 23.2 Å². The van der Waals surface area contributed by atoms with Crippen LogP contribution in [0.5, 0.6) is 0 Å². The Balaban J connectivity index is 2.92. The minimum Gasteiger partial charge on any atom is -0.352 e. The Hall–Kier alpha value is -1.13. The van der Waals surface area contributed by atoms with Gasteiger partial charge in [0.1, 0.15) is 0 Å². The number of alkyl halides is 2. The zero-order valence-electron chi connectivity index (χ0n) is 7.73. The first-order chi connectivity index (χ1) is 7.50. The molecular formula is C10H5Cl2F2NO. The largest absolute Gasteiger partial charge is 0.352 e. The molecule has 0 amide bonds. The molecule has 0 aliphatic carbocycles. The standard InChI is InChI=1S/C10H5Cl2F2NO/c11-4-1-2-5(12)9-8(4)7(16)3-6(15-9)10(13)14/h1-3,10H,(H,15,16). The molecule has 0 radical (unpaired) electrons. The van der Waals surface area contributed by atoms with E-state index in [0.29, 0.717) is 0 Å². The molecule has 1 heterocycles.